The van der Waals surface area contributed by atoms with Crippen LogP contribution in [-0.2, 0) is 13.2 Å². The van der Waals surface area contributed by atoms with Crippen LogP contribution in [0.2, 0.25) is 5.02 Å². The third-order valence-corrected chi connectivity index (χ3v) is 2.77. The highest BCUT2D eigenvalue weighted by molar-refractivity contribution is 6.30. The zero-order valence-corrected chi connectivity index (χ0v) is 10.3. The molecule has 18 heavy (non-hydrogen) atoms. The molecule has 0 aliphatic heterocycles. The third-order valence-electron chi connectivity index (χ3n) is 2.52. The minimum Gasteiger partial charge on any atom is -0.485 e. The molecule has 0 aliphatic rings. The fourth-order valence-electron chi connectivity index (χ4n) is 1.58. The van der Waals surface area contributed by atoms with Crippen LogP contribution in [-0.4, -0.2) is 5.11 Å². The van der Waals surface area contributed by atoms with Gasteiger partial charge in [0.15, 0.2) is 11.6 Å². The van der Waals surface area contributed by atoms with Gasteiger partial charge in [-0.1, -0.05) is 35.9 Å². The molecule has 0 saturated carbocycles. The molecule has 4 heteroatoms. The van der Waals surface area contributed by atoms with Crippen molar-refractivity contribution in [1.29, 1.82) is 0 Å². The number of aliphatic hydroxyl groups excluding tert-OH is 1. The Kier molecular flexibility index (Phi) is 4.18. The summed E-state index contributed by atoms with van der Waals surface area (Å²) in [5, 5.41) is 9.75. The molecule has 0 saturated heterocycles. The maximum Gasteiger partial charge on any atom is 0.165 e. The van der Waals surface area contributed by atoms with Gasteiger partial charge in [-0.3, -0.25) is 0 Å². The van der Waals surface area contributed by atoms with E-state index in [-0.39, 0.29) is 19.0 Å². The van der Waals surface area contributed by atoms with Crippen LogP contribution in [0.25, 0.3) is 0 Å². The number of hydrogen-bond donors (Lipinski definition) is 1. The van der Waals surface area contributed by atoms with Gasteiger partial charge in [0.1, 0.15) is 6.61 Å². The topological polar surface area (TPSA) is 29.5 Å². The molecule has 0 unspecified atom stereocenters. The number of rotatable bonds is 4. The summed E-state index contributed by atoms with van der Waals surface area (Å²) in [5.74, 6) is -0.384. The van der Waals surface area contributed by atoms with Crippen LogP contribution < -0.4 is 4.74 Å². The largest absolute Gasteiger partial charge is 0.485 e. The summed E-state index contributed by atoms with van der Waals surface area (Å²) in [5.41, 5.74) is 1.32. The van der Waals surface area contributed by atoms with Gasteiger partial charge < -0.3 is 9.84 Å². The van der Waals surface area contributed by atoms with E-state index < -0.39 is 5.82 Å². The van der Waals surface area contributed by atoms with E-state index in [1.54, 1.807) is 18.2 Å². The molecule has 0 heterocycles. The van der Waals surface area contributed by atoms with Crippen molar-refractivity contribution >= 4 is 11.6 Å². The van der Waals surface area contributed by atoms with E-state index in [2.05, 4.69) is 0 Å². The van der Waals surface area contributed by atoms with Gasteiger partial charge in [-0.05, 0) is 23.8 Å². The molecule has 0 amide bonds. The summed E-state index contributed by atoms with van der Waals surface area (Å²) >= 11 is 5.77. The lowest BCUT2D eigenvalue weighted by atomic mass is 10.2. The Hall–Kier alpha value is -1.58. The van der Waals surface area contributed by atoms with Gasteiger partial charge in [-0.25, -0.2) is 4.39 Å². The van der Waals surface area contributed by atoms with Gasteiger partial charge in [0.05, 0.1) is 6.61 Å². The first-order valence-corrected chi connectivity index (χ1v) is 5.84. The van der Waals surface area contributed by atoms with Crippen molar-refractivity contribution in [3.63, 3.8) is 0 Å². The molecular formula is C14H12ClFO2. The normalized spacial score (nSPS) is 10.4. The first kappa shape index (κ1) is 12.9. The van der Waals surface area contributed by atoms with Gasteiger partial charge in [0.25, 0.3) is 0 Å². The Morgan fingerprint density at radius 2 is 1.83 bits per heavy atom. The second-order valence-corrected chi connectivity index (χ2v) is 4.24. The highest BCUT2D eigenvalue weighted by atomic mass is 35.5. The third kappa shape index (κ3) is 3.00. The van der Waals surface area contributed by atoms with Crippen LogP contribution in [0.4, 0.5) is 4.39 Å². The first-order chi connectivity index (χ1) is 8.70. The number of aliphatic hydroxyl groups is 1. The molecule has 0 fully saturated rings. The van der Waals surface area contributed by atoms with Crippen LogP contribution in [0.5, 0.6) is 5.75 Å². The molecule has 94 valence electrons. The van der Waals surface area contributed by atoms with Crippen molar-refractivity contribution in [3.8, 4) is 5.75 Å². The van der Waals surface area contributed by atoms with E-state index in [0.29, 0.717) is 10.6 Å². The van der Waals surface area contributed by atoms with Gasteiger partial charge in [-0.2, -0.15) is 0 Å². The maximum atomic E-state index is 13.5. The summed E-state index contributed by atoms with van der Waals surface area (Å²) in [6.07, 6.45) is 0. The van der Waals surface area contributed by atoms with Gasteiger partial charge >= 0.3 is 0 Å². The number of para-hydroxylation sites is 1. The Bertz CT molecular complexity index is 526. The lowest BCUT2D eigenvalue weighted by Crippen LogP contribution is -2.01. The van der Waals surface area contributed by atoms with Crippen molar-refractivity contribution in [2.75, 3.05) is 0 Å². The molecule has 2 rings (SSSR count). The molecule has 0 radical (unpaired) electrons. The minimum atomic E-state index is -0.476. The summed E-state index contributed by atoms with van der Waals surface area (Å²) in [6.45, 7) is -0.0290. The van der Waals surface area contributed by atoms with Crippen molar-refractivity contribution in [2.24, 2.45) is 0 Å². The molecule has 0 aromatic heterocycles. The molecule has 2 aromatic rings. The Morgan fingerprint density at radius 3 is 2.50 bits per heavy atom. The Morgan fingerprint density at radius 1 is 1.11 bits per heavy atom. The molecule has 2 nitrogen and oxygen atoms in total. The van der Waals surface area contributed by atoms with Gasteiger partial charge in [0.2, 0.25) is 0 Å². The molecule has 1 N–H and O–H groups in total. The Labute approximate surface area is 110 Å². The number of benzene rings is 2. The average Bonchev–Trinajstić information content (AvgIpc) is 2.39. The number of halogens is 2. The lowest BCUT2D eigenvalue weighted by Gasteiger charge is -2.11. The lowest BCUT2D eigenvalue weighted by molar-refractivity contribution is 0.251. The van der Waals surface area contributed by atoms with E-state index in [1.165, 1.54) is 12.1 Å². The molecular weight excluding hydrogens is 255 g/mol. The molecule has 0 atom stereocenters. The van der Waals surface area contributed by atoms with Crippen LogP contribution >= 0.6 is 11.6 Å². The highest BCUT2D eigenvalue weighted by Crippen LogP contribution is 2.24. The van der Waals surface area contributed by atoms with E-state index in [4.69, 9.17) is 21.4 Å². The van der Waals surface area contributed by atoms with E-state index in [0.717, 1.165) is 5.56 Å². The first-order valence-electron chi connectivity index (χ1n) is 5.46. The SMILES string of the molecule is OCc1cccc(F)c1OCc1ccc(Cl)cc1. The average molecular weight is 267 g/mol. The molecule has 0 spiro atoms. The van der Waals surface area contributed by atoms with Crippen molar-refractivity contribution in [3.05, 3.63) is 64.4 Å². The smallest absolute Gasteiger partial charge is 0.165 e. The van der Waals surface area contributed by atoms with Crippen LogP contribution in [0, 0.1) is 5.82 Å². The van der Waals surface area contributed by atoms with Gasteiger partial charge in [0, 0.05) is 10.6 Å². The number of ether oxygens (including phenoxy) is 1. The summed E-state index contributed by atoms with van der Waals surface area (Å²) in [6, 6.07) is 11.6. The maximum absolute atomic E-state index is 13.5. The van der Waals surface area contributed by atoms with E-state index in [9.17, 15) is 4.39 Å². The summed E-state index contributed by atoms with van der Waals surface area (Å²) in [7, 11) is 0. The fraction of sp³-hybridized carbons (Fsp3) is 0.143. The van der Waals surface area contributed by atoms with Crippen molar-refractivity contribution in [1.82, 2.24) is 0 Å². The monoisotopic (exact) mass is 266 g/mol. The van der Waals surface area contributed by atoms with Crippen LogP contribution in [0.1, 0.15) is 11.1 Å². The van der Waals surface area contributed by atoms with Crippen molar-refractivity contribution < 1.29 is 14.2 Å². The number of hydrogen-bond acceptors (Lipinski definition) is 2. The predicted molar refractivity (Wildman–Crippen MR) is 68.1 cm³/mol. The van der Waals surface area contributed by atoms with E-state index >= 15 is 0 Å². The summed E-state index contributed by atoms with van der Waals surface area (Å²) < 4.78 is 19.0. The zero-order chi connectivity index (χ0) is 13.0. The second kappa shape index (κ2) is 5.85. The molecule has 2 aromatic carbocycles. The quantitative estimate of drug-likeness (QED) is 0.917. The molecule has 0 aliphatic carbocycles. The second-order valence-electron chi connectivity index (χ2n) is 3.80. The van der Waals surface area contributed by atoms with Crippen LogP contribution in [0.3, 0.4) is 0 Å². The molecule has 0 bridgehead atoms. The standard InChI is InChI=1S/C14H12ClFO2/c15-12-6-4-10(5-7-12)9-18-14-11(8-17)2-1-3-13(14)16/h1-7,17H,8-9H2. The zero-order valence-electron chi connectivity index (χ0n) is 9.57. The van der Waals surface area contributed by atoms with Gasteiger partial charge in [-0.15, -0.1) is 0 Å². The van der Waals surface area contributed by atoms with Crippen molar-refractivity contribution in [2.45, 2.75) is 13.2 Å². The highest BCUT2D eigenvalue weighted by Gasteiger charge is 2.09. The summed E-state index contributed by atoms with van der Waals surface area (Å²) in [4.78, 5) is 0. The van der Waals surface area contributed by atoms with E-state index in [1.807, 2.05) is 12.1 Å². The minimum absolute atomic E-state index is 0.0925. The van der Waals surface area contributed by atoms with Crippen LogP contribution in [0.15, 0.2) is 42.5 Å². The Balaban J connectivity index is 2.12. The fourth-order valence-corrected chi connectivity index (χ4v) is 1.70. The predicted octanol–water partition coefficient (Wildman–Crippen LogP) is 3.55.